The van der Waals surface area contributed by atoms with Gasteiger partial charge < -0.3 is 4.90 Å². The highest BCUT2D eigenvalue weighted by Gasteiger charge is 2.26. The third kappa shape index (κ3) is 3.20. The molecule has 1 amide bonds. The summed E-state index contributed by atoms with van der Waals surface area (Å²) in [5, 5.41) is 3.21. The molecule has 1 saturated heterocycles. The van der Waals surface area contributed by atoms with Crippen molar-refractivity contribution >= 4 is 17.7 Å². The van der Waals surface area contributed by atoms with Crippen molar-refractivity contribution < 1.29 is 4.79 Å². The first-order chi connectivity index (χ1) is 8.31. The molecule has 0 aliphatic carbocycles. The number of aromatic nitrogens is 1. The maximum absolute atomic E-state index is 12.2. The molecule has 1 aliphatic heterocycles. The Kier molecular flexibility index (Phi) is 4.39. The molecule has 0 radical (unpaired) electrons. The lowest BCUT2D eigenvalue weighted by Crippen LogP contribution is -2.44. The molecule has 1 unspecified atom stereocenters. The number of hydrogen-bond donors (Lipinski definition) is 1. The molecule has 1 aromatic rings. The number of rotatable bonds is 4. The number of thioether (sulfide) groups is 1. The van der Waals surface area contributed by atoms with Gasteiger partial charge >= 0.3 is 0 Å². The molecule has 1 aromatic heterocycles. The molecule has 0 spiro atoms. The minimum atomic E-state index is -0.0244. The van der Waals surface area contributed by atoms with Crippen LogP contribution in [0.25, 0.3) is 0 Å². The van der Waals surface area contributed by atoms with Crippen LogP contribution >= 0.6 is 11.8 Å². The maximum Gasteiger partial charge on any atom is 0.240 e. The van der Waals surface area contributed by atoms with Crippen molar-refractivity contribution in [3.05, 3.63) is 30.1 Å². The van der Waals surface area contributed by atoms with Crippen molar-refractivity contribution in [3.63, 3.8) is 0 Å². The van der Waals surface area contributed by atoms with Crippen LogP contribution in [0.1, 0.15) is 12.6 Å². The Morgan fingerprint density at radius 1 is 1.65 bits per heavy atom. The average molecular weight is 251 g/mol. The lowest BCUT2D eigenvalue weighted by Gasteiger charge is -2.23. The summed E-state index contributed by atoms with van der Waals surface area (Å²) in [6.07, 6.45) is 1.76. The topological polar surface area (TPSA) is 45.2 Å². The lowest BCUT2D eigenvalue weighted by molar-refractivity contribution is -0.133. The highest BCUT2D eigenvalue weighted by Crippen LogP contribution is 2.13. The van der Waals surface area contributed by atoms with Gasteiger partial charge in [0.15, 0.2) is 0 Å². The van der Waals surface area contributed by atoms with Crippen LogP contribution in [0.4, 0.5) is 0 Å². The predicted molar refractivity (Wildman–Crippen MR) is 69.6 cm³/mol. The number of carbonyl (C=O) groups is 1. The molecule has 4 nitrogen and oxygen atoms in total. The first kappa shape index (κ1) is 12.4. The Bertz CT molecular complexity index is 365. The molecule has 1 fully saturated rings. The van der Waals surface area contributed by atoms with Crippen molar-refractivity contribution in [1.82, 2.24) is 15.2 Å². The Morgan fingerprint density at radius 2 is 2.53 bits per heavy atom. The number of amides is 1. The Hall–Kier alpha value is -1.07. The minimum Gasteiger partial charge on any atom is -0.336 e. The number of hydrogen-bond acceptors (Lipinski definition) is 4. The van der Waals surface area contributed by atoms with E-state index in [1.165, 1.54) is 0 Å². The maximum atomic E-state index is 12.2. The third-order valence-electron chi connectivity index (χ3n) is 2.79. The van der Waals surface area contributed by atoms with Crippen LogP contribution in [0.5, 0.6) is 0 Å². The van der Waals surface area contributed by atoms with E-state index in [0.717, 1.165) is 23.9 Å². The van der Waals surface area contributed by atoms with E-state index < -0.39 is 0 Å². The summed E-state index contributed by atoms with van der Waals surface area (Å²) in [4.78, 5) is 18.3. The van der Waals surface area contributed by atoms with Crippen LogP contribution < -0.4 is 5.32 Å². The smallest absolute Gasteiger partial charge is 0.240 e. The Morgan fingerprint density at radius 3 is 3.12 bits per heavy atom. The van der Waals surface area contributed by atoms with Gasteiger partial charge in [-0.15, -0.1) is 11.8 Å². The summed E-state index contributed by atoms with van der Waals surface area (Å²) in [5.74, 6) is 1.93. The summed E-state index contributed by atoms with van der Waals surface area (Å²) in [5.41, 5.74) is 0.938. The van der Waals surface area contributed by atoms with E-state index in [9.17, 15) is 4.79 Å². The van der Waals surface area contributed by atoms with Crippen LogP contribution in [0, 0.1) is 0 Å². The van der Waals surface area contributed by atoms with Crippen molar-refractivity contribution in [3.8, 4) is 0 Å². The zero-order valence-electron chi connectivity index (χ0n) is 9.93. The van der Waals surface area contributed by atoms with Crippen LogP contribution in [0.3, 0.4) is 0 Å². The molecular formula is C12H17N3OS. The van der Waals surface area contributed by atoms with E-state index in [4.69, 9.17) is 0 Å². The van der Waals surface area contributed by atoms with Gasteiger partial charge in [-0.1, -0.05) is 6.07 Å². The largest absolute Gasteiger partial charge is 0.336 e. The SMILES string of the molecule is CCN(Cc1ccccn1)C(=O)C1CSCN1. The quantitative estimate of drug-likeness (QED) is 0.870. The lowest BCUT2D eigenvalue weighted by atomic mass is 10.2. The fourth-order valence-corrected chi connectivity index (χ4v) is 2.74. The summed E-state index contributed by atoms with van der Waals surface area (Å²) in [7, 11) is 0. The molecule has 1 aliphatic rings. The fraction of sp³-hybridized carbons (Fsp3) is 0.500. The molecule has 0 saturated carbocycles. The van der Waals surface area contributed by atoms with Crippen LogP contribution in [-0.2, 0) is 11.3 Å². The summed E-state index contributed by atoms with van der Waals surface area (Å²) in [6.45, 7) is 3.32. The van der Waals surface area contributed by atoms with E-state index in [2.05, 4.69) is 10.3 Å². The molecule has 1 N–H and O–H groups in total. The van der Waals surface area contributed by atoms with Gasteiger partial charge in [0.25, 0.3) is 0 Å². The van der Waals surface area contributed by atoms with Crippen molar-refractivity contribution in [2.45, 2.75) is 19.5 Å². The number of nitrogens with zero attached hydrogens (tertiary/aromatic N) is 2. The van der Waals surface area contributed by atoms with Gasteiger partial charge in [-0.05, 0) is 19.1 Å². The molecular weight excluding hydrogens is 234 g/mol. The number of carbonyl (C=O) groups excluding carboxylic acids is 1. The van der Waals surface area contributed by atoms with E-state index in [-0.39, 0.29) is 11.9 Å². The molecule has 92 valence electrons. The van der Waals surface area contributed by atoms with Gasteiger partial charge in [0, 0.05) is 24.4 Å². The highest BCUT2D eigenvalue weighted by atomic mass is 32.2. The fourth-order valence-electron chi connectivity index (χ4n) is 1.81. The van der Waals surface area contributed by atoms with Gasteiger partial charge in [-0.2, -0.15) is 0 Å². The highest BCUT2D eigenvalue weighted by molar-refractivity contribution is 7.99. The molecule has 0 bridgehead atoms. The first-order valence-corrected chi connectivity index (χ1v) is 6.96. The molecule has 5 heteroatoms. The normalized spacial score (nSPS) is 19.2. The monoisotopic (exact) mass is 251 g/mol. The standard InChI is InChI=1S/C12H17N3OS/c1-2-15(7-10-5-3-4-6-13-10)12(16)11-8-17-9-14-11/h3-6,11,14H,2,7-9H2,1H3. The summed E-state index contributed by atoms with van der Waals surface area (Å²) < 4.78 is 0. The van der Waals surface area contributed by atoms with Crippen LogP contribution in [0.2, 0.25) is 0 Å². The Balaban J connectivity index is 1.98. The second kappa shape index (κ2) is 6.02. The van der Waals surface area contributed by atoms with Crippen molar-refractivity contribution in [1.29, 1.82) is 0 Å². The average Bonchev–Trinajstić information content (AvgIpc) is 2.90. The van der Waals surface area contributed by atoms with Gasteiger partial charge in [0.05, 0.1) is 18.3 Å². The predicted octanol–water partition coefficient (Wildman–Crippen LogP) is 1.09. The van der Waals surface area contributed by atoms with E-state index in [1.807, 2.05) is 30.0 Å². The summed E-state index contributed by atoms with van der Waals surface area (Å²) in [6, 6.07) is 5.76. The zero-order valence-corrected chi connectivity index (χ0v) is 10.7. The third-order valence-corrected chi connectivity index (χ3v) is 3.73. The second-order valence-corrected chi connectivity index (χ2v) is 4.98. The van der Waals surface area contributed by atoms with Crippen LogP contribution in [-0.4, -0.2) is 40.0 Å². The molecule has 1 atom stereocenters. The Labute approximate surface area is 106 Å². The van der Waals surface area contributed by atoms with Crippen molar-refractivity contribution in [2.75, 3.05) is 18.2 Å². The van der Waals surface area contributed by atoms with E-state index >= 15 is 0 Å². The summed E-state index contributed by atoms with van der Waals surface area (Å²) >= 11 is 1.77. The van der Waals surface area contributed by atoms with Gasteiger partial charge in [-0.3, -0.25) is 15.1 Å². The van der Waals surface area contributed by atoms with Gasteiger partial charge in [-0.25, -0.2) is 0 Å². The van der Waals surface area contributed by atoms with E-state index in [1.54, 1.807) is 18.0 Å². The molecule has 0 aromatic carbocycles. The van der Waals surface area contributed by atoms with Gasteiger partial charge in [0.2, 0.25) is 5.91 Å². The first-order valence-electron chi connectivity index (χ1n) is 5.81. The van der Waals surface area contributed by atoms with Crippen LogP contribution in [0.15, 0.2) is 24.4 Å². The second-order valence-electron chi connectivity index (χ2n) is 3.95. The number of pyridine rings is 1. The molecule has 17 heavy (non-hydrogen) atoms. The molecule has 2 heterocycles. The zero-order chi connectivity index (χ0) is 12.1. The van der Waals surface area contributed by atoms with Crippen molar-refractivity contribution in [2.24, 2.45) is 0 Å². The van der Waals surface area contributed by atoms with E-state index in [0.29, 0.717) is 6.54 Å². The minimum absolute atomic E-state index is 0.0244. The van der Waals surface area contributed by atoms with Gasteiger partial charge in [0.1, 0.15) is 0 Å². The molecule has 2 rings (SSSR count). The number of likely N-dealkylation sites (N-methyl/N-ethyl adjacent to an activating group) is 1. The number of nitrogens with one attached hydrogen (secondary N) is 1.